The predicted molar refractivity (Wildman–Crippen MR) is 63.7 cm³/mol. The van der Waals surface area contributed by atoms with Gasteiger partial charge in [0.15, 0.2) is 0 Å². The second-order valence-corrected chi connectivity index (χ2v) is 6.81. The van der Waals surface area contributed by atoms with E-state index in [0.717, 1.165) is 32.1 Å². The van der Waals surface area contributed by atoms with Gasteiger partial charge in [-0.3, -0.25) is 0 Å². The Morgan fingerprint density at radius 1 is 1.38 bits per heavy atom. The highest BCUT2D eigenvalue weighted by molar-refractivity contribution is 7.94. The number of nitrogens with two attached hydrogens (primary N) is 1. The van der Waals surface area contributed by atoms with Crippen LogP contribution >= 0.6 is 0 Å². The zero-order valence-electron chi connectivity index (χ0n) is 9.59. The van der Waals surface area contributed by atoms with Crippen molar-refractivity contribution < 1.29 is 8.42 Å². The molecule has 0 aromatic heterocycles. The molecule has 90 valence electrons. The minimum absolute atomic E-state index is 0.133. The average molecular weight is 243 g/mol. The summed E-state index contributed by atoms with van der Waals surface area (Å²) in [5.74, 6) is 0.629. The highest BCUT2D eigenvalue weighted by atomic mass is 32.2. The molecule has 2 saturated carbocycles. The Bertz CT molecular complexity index is 417. The monoisotopic (exact) mass is 243 g/mol. The van der Waals surface area contributed by atoms with Gasteiger partial charge >= 0.3 is 16.1 Å². The van der Waals surface area contributed by atoms with Crippen molar-refractivity contribution in [1.29, 1.82) is 0 Å². The second kappa shape index (κ2) is 4.34. The van der Waals surface area contributed by atoms with Gasteiger partial charge in [-0.2, -0.15) is 0 Å². The summed E-state index contributed by atoms with van der Waals surface area (Å²) >= 11 is 0. The van der Waals surface area contributed by atoms with Gasteiger partial charge in [0.25, 0.3) is 0 Å². The molecule has 0 amide bonds. The molecule has 0 spiro atoms. The van der Waals surface area contributed by atoms with Crippen molar-refractivity contribution in [2.75, 3.05) is 0 Å². The minimum Gasteiger partial charge on any atom is -0.327 e. The van der Waals surface area contributed by atoms with Crippen molar-refractivity contribution in [3.63, 3.8) is 0 Å². The summed E-state index contributed by atoms with van der Waals surface area (Å²) in [4.78, 5) is 0. The topological polar surface area (TPSA) is 64.5 Å². The fourth-order valence-electron chi connectivity index (χ4n) is 2.32. The Balaban J connectivity index is 1.99. The maximum atomic E-state index is 11.5. The quantitative estimate of drug-likeness (QED) is 0.800. The van der Waals surface area contributed by atoms with Crippen LogP contribution in [0.3, 0.4) is 0 Å². The van der Waals surface area contributed by atoms with Gasteiger partial charge in [-0.15, -0.1) is 8.42 Å². The Morgan fingerprint density at radius 2 is 2.06 bits per heavy atom. The van der Waals surface area contributed by atoms with E-state index in [2.05, 4.69) is 17.2 Å². The largest absolute Gasteiger partial charge is 0.481 e. The zero-order valence-corrected chi connectivity index (χ0v) is 10.4. The van der Waals surface area contributed by atoms with Crippen LogP contribution < -0.4 is 5.73 Å². The normalized spacial score (nSPS) is 34.5. The van der Waals surface area contributed by atoms with E-state index in [1.54, 1.807) is 0 Å². The van der Waals surface area contributed by atoms with Crippen molar-refractivity contribution >= 4 is 10.0 Å². The van der Waals surface area contributed by atoms with E-state index in [0.29, 0.717) is 5.92 Å². The average Bonchev–Trinajstić information content (AvgIpc) is 3.01. The molecule has 16 heavy (non-hydrogen) atoms. The molecule has 0 radical (unpaired) electrons. The van der Waals surface area contributed by atoms with Crippen molar-refractivity contribution in [3.05, 3.63) is 4.25 Å². The summed E-state index contributed by atoms with van der Waals surface area (Å²) in [5, 5.41) is -0.225. The van der Waals surface area contributed by atoms with E-state index in [-0.39, 0.29) is 17.2 Å². The molecule has 0 bridgehead atoms. The van der Waals surface area contributed by atoms with Crippen LogP contribution in [0.1, 0.15) is 39.0 Å². The molecule has 0 aromatic rings. The molecule has 2 aliphatic rings. The number of nitrogens with zero attached hydrogens (tertiary/aromatic N) is 1. The first-order valence-corrected chi connectivity index (χ1v) is 7.50. The summed E-state index contributed by atoms with van der Waals surface area (Å²) in [5.41, 5.74) is 5.96. The summed E-state index contributed by atoms with van der Waals surface area (Å²) < 4.78 is 26.7. The lowest BCUT2D eigenvalue weighted by Gasteiger charge is -2.10. The SMILES string of the molecule is CC[C@@H]1CC(C#[N+]S(=O)(=O)C2CC2)C[C@@H]1N. The molecule has 4 nitrogen and oxygen atoms in total. The van der Waals surface area contributed by atoms with Crippen molar-refractivity contribution in [3.8, 4) is 6.07 Å². The molecule has 3 atom stereocenters. The van der Waals surface area contributed by atoms with Gasteiger partial charge in [0.1, 0.15) is 5.25 Å². The Hall–Kier alpha value is -0.600. The lowest BCUT2D eigenvalue weighted by Crippen LogP contribution is -2.23. The van der Waals surface area contributed by atoms with Crippen molar-refractivity contribution in [1.82, 2.24) is 0 Å². The smallest absolute Gasteiger partial charge is 0.327 e. The Kier molecular flexibility index (Phi) is 3.22. The van der Waals surface area contributed by atoms with Gasteiger partial charge in [-0.1, -0.05) is 13.3 Å². The summed E-state index contributed by atoms with van der Waals surface area (Å²) in [6, 6.07) is 2.98. The molecule has 0 heterocycles. The molecular weight excluding hydrogens is 224 g/mol. The maximum absolute atomic E-state index is 11.5. The molecule has 2 fully saturated rings. The third-order valence-electron chi connectivity index (χ3n) is 3.58. The van der Waals surface area contributed by atoms with Crippen molar-refractivity contribution in [2.24, 2.45) is 17.6 Å². The highest BCUT2D eigenvalue weighted by Gasteiger charge is 2.44. The van der Waals surface area contributed by atoms with E-state index in [1.165, 1.54) is 0 Å². The van der Waals surface area contributed by atoms with Crippen LogP contribution in [0.2, 0.25) is 0 Å². The first-order valence-electron chi connectivity index (χ1n) is 6.00. The molecule has 2 rings (SSSR count). The van der Waals surface area contributed by atoms with E-state index < -0.39 is 10.0 Å². The standard InChI is InChI=1S/C11H19N2O2S/c1-2-9-5-8(6-11(9)12)7-13-16(14,15)10-3-4-10/h8-11H,2-6,12H2,1H3/q+1/t8?,9-,11+/m1/s1. The first kappa shape index (κ1) is 11.9. The molecule has 0 aromatic carbocycles. The number of hydrogen-bond acceptors (Lipinski definition) is 3. The Morgan fingerprint density at radius 3 is 2.56 bits per heavy atom. The minimum atomic E-state index is -3.24. The Labute approximate surface area is 97.1 Å². The fourth-order valence-corrected chi connectivity index (χ4v) is 3.50. The summed E-state index contributed by atoms with van der Waals surface area (Å²) in [6.07, 6.45) is 4.32. The van der Waals surface area contributed by atoms with Crippen LogP contribution in [-0.2, 0) is 10.0 Å². The predicted octanol–water partition coefficient (Wildman–Crippen LogP) is 1.57. The van der Waals surface area contributed by atoms with E-state index in [1.807, 2.05) is 0 Å². The molecule has 2 N–H and O–H groups in total. The van der Waals surface area contributed by atoms with Crippen LogP contribution in [0.25, 0.3) is 4.25 Å². The molecule has 0 saturated heterocycles. The van der Waals surface area contributed by atoms with Gasteiger partial charge in [-0.05, 0) is 31.6 Å². The zero-order chi connectivity index (χ0) is 11.8. The van der Waals surface area contributed by atoms with E-state index in [9.17, 15) is 8.42 Å². The van der Waals surface area contributed by atoms with Crippen LogP contribution in [0, 0.1) is 17.9 Å². The number of rotatable bonds is 2. The number of hydrogen-bond donors (Lipinski definition) is 1. The highest BCUT2D eigenvalue weighted by Crippen LogP contribution is 2.33. The van der Waals surface area contributed by atoms with Crippen LogP contribution in [0.5, 0.6) is 0 Å². The van der Waals surface area contributed by atoms with Crippen LogP contribution in [-0.4, -0.2) is 19.7 Å². The van der Waals surface area contributed by atoms with Gasteiger partial charge in [0, 0.05) is 6.04 Å². The lowest BCUT2D eigenvalue weighted by atomic mass is 10.0. The van der Waals surface area contributed by atoms with Crippen LogP contribution in [0.4, 0.5) is 0 Å². The molecule has 1 unspecified atom stereocenters. The van der Waals surface area contributed by atoms with Gasteiger partial charge in [0.05, 0.1) is 10.2 Å². The summed E-state index contributed by atoms with van der Waals surface area (Å²) in [7, 11) is -3.24. The lowest BCUT2D eigenvalue weighted by molar-refractivity contribution is 0.464. The molecule has 0 aliphatic heterocycles. The second-order valence-electron chi connectivity index (χ2n) is 4.94. The van der Waals surface area contributed by atoms with Gasteiger partial charge in [-0.25, -0.2) is 0 Å². The van der Waals surface area contributed by atoms with Gasteiger partial charge < -0.3 is 5.73 Å². The molecule has 2 aliphatic carbocycles. The maximum Gasteiger partial charge on any atom is 0.481 e. The molecule has 5 heteroatoms. The third kappa shape index (κ3) is 2.55. The fraction of sp³-hybridized carbons (Fsp3) is 0.909. The first-order chi connectivity index (χ1) is 7.53. The van der Waals surface area contributed by atoms with Gasteiger partial charge in [0.2, 0.25) is 0 Å². The van der Waals surface area contributed by atoms with Crippen LogP contribution in [0.15, 0.2) is 0 Å². The molecular formula is C11H19N2O2S+. The summed E-state index contributed by atoms with van der Waals surface area (Å²) in [6.45, 7) is 2.12. The number of sulfonamides is 1. The third-order valence-corrected chi connectivity index (χ3v) is 5.26. The van der Waals surface area contributed by atoms with E-state index >= 15 is 0 Å². The van der Waals surface area contributed by atoms with Crippen molar-refractivity contribution in [2.45, 2.75) is 50.3 Å². The van der Waals surface area contributed by atoms with E-state index in [4.69, 9.17) is 5.73 Å².